The van der Waals surface area contributed by atoms with Crippen molar-refractivity contribution in [2.45, 2.75) is 20.3 Å². The van der Waals surface area contributed by atoms with E-state index in [-0.39, 0.29) is 0 Å². The molecular formula is C13H18N4. The van der Waals surface area contributed by atoms with Gasteiger partial charge >= 0.3 is 0 Å². The molecule has 0 unspecified atom stereocenters. The lowest BCUT2D eigenvalue weighted by molar-refractivity contribution is 0.977. The fourth-order valence-electron chi connectivity index (χ4n) is 1.74. The van der Waals surface area contributed by atoms with E-state index in [1.807, 2.05) is 12.3 Å². The summed E-state index contributed by atoms with van der Waals surface area (Å²) in [5, 5.41) is 3.35. The lowest BCUT2D eigenvalue weighted by Crippen LogP contribution is -2.07. The maximum Gasteiger partial charge on any atom is 0.0921 e. The van der Waals surface area contributed by atoms with Gasteiger partial charge in [0.25, 0.3) is 0 Å². The molecule has 2 rings (SSSR count). The maximum absolute atomic E-state index is 5.97. The first-order valence-electron chi connectivity index (χ1n) is 5.74. The zero-order valence-corrected chi connectivity index (χ0v) is 10.2. The fraction of sp³-hybridized carbons (Fsp3) is 0.308. The smallest absolute Gasteiger partial charge is 0.0921 e. The van der Waals surface area contributed by atoms with Gasteiger partial charge in [0.15, 0.2) is 0 Å². The summed E-state index contributed by atoms with van der Waals surface area (Å²) in [7, 11) is 0. The van der Waals surface area contributed by atoms with Crippen molar-refractivity contribution in [3.8, 4) is 0 Å². The van der Waals surface area contributed by atoms with E-state index in [0.717, 1.165) is 30.0 Å². The van der Waals surface area contributed by atoms with Gasteiger partial charge in [-0.2, -0.15) is 0 Å². The third-order valence-electron chi connectivity index (χ3n) is 2.93. The van der Waals surface area contributed by atoms with E-state index in [1.165, 1.54) is 11.1 Å². The number of imidazole rings is 1. The predicted molar refractivity (Wildman–Crippen MR) is 71.1 cm³/mol. The normalized spacial score (nSPS) is 10.5. The molecule has 0 aliphatic rings. The third kappa shape index (κ3) is 2.78. The molecule has 0 aliphatic carbocycles. The van der Waals surface area contributed by atoms with E-state index < -0.39 is 0 Å². The van der Waals surface area contributed by atoms with Crippen molar-refractivity contribution in [3.05, 3.63) is 41.5 Å². The number of hydrogen-bond donors (Lipinski definition) is 3. The van der Waals surface area contributed by atoms with Crippen molar-refractivity contribution < 1.29 is 0 Å². The highest BCUT2D eigenvalue weighted by Gasteiger charge is 2.02. The molecule has 0 spiro atoms. The Bertz CT molecular complexity index is 488. The SMILES string of the molecule is Cc1cc(N)c(NCCc2cnc[nH]2)cc1C. The molecule has 0 radical (unpaired) electrons. The molecule has 1 heterocycles. The number of nitrogens with two attached hydrogens (primary N) is 1. The van der Waals surface area contributed by atoms with E-state index in [0.29, 0.717) is 0 Å². The number of H-pyrrole nitrogens is 1. The first-order valence-corrected chi connectivity index (χ1v) is 5.74. The molecule has 1 aromatic heterocycles. The molecule has 17 heavy (non-hydrogen) atoms. The molecule has 4 N–H and O–H groups in total. The van der Waals surface area contributed by atoms with Crippen LogP contribution in [0.2, 0.25) is 0 Å². The Morgan fingerprint density at radius 2 is 2.06 bits per heavy atom. The fourth-order valence-corrected chi connectivity index (χ4v) is 1.74. The zero-order chi connectivity index (χ0) is 12.3. The zero-order valence-electron chi connectivity index (χ0n) is 10.2. The van der Waals surface area contributed by atoms with Gasteiger partial charge in [-0.05, 0) is 37.1 Å². The number of aromatic nitrogens is 2. The Kier molecular flexibility index (Phi) is 3.32. The maximum atomic E-state index is 5.97. The molecule has 0 saturated carbocycles. The number of anilines is 2. The number of rotatable bonds is 4. The monoisotopic (exact) mass is 230 g/mol. The largest absolute Gasteiger partial charge is 0.397 e. The highest BCUT2D eigenvalue weighted by atomic mass is 14.9. The van der Waals surface area contributed by atoms with E-state index in [2.05, 4.69) is 35.2 Å². The third-order valence-corrected chi connectivity index (χ3v) is 2.93. The molecule has 0 bridgehead atoms. The first-order chi connectivity index (χ1) is 8.16. The number of nitrogens with zero attached hydrogens (tertiary/aromatic N) is 1. The summed E-state index contributed by atoms with van der Waals surface area (Å²) in [6, 6.07) is 4.10. The molecule has 0 saturated heterocycles. The molecule has 1 aromatic carbocycles. The molecule has 0 amide bonds. The second kappa shape index (κ2) is 4.91. The van der Waals surface area contributed by atoms with Gasteiger partial charge in [0.1, 0.15) is 0 Å². The van der Waals surface area contributed by atoms with E-state index in [1.54, 1.807) is 6.33 Å². The lowest BCUT2D eigenvalue weighted by Gasteiger charge is -2.11. The van der Waals surface area contributed by atoms with Gasteiger partial charge in [-0.1, -0.05) is 0 Å². The Morgan fingerprint density at radius 3 is 2.76 bits per heavy atom. The number of nitrogen functional groups attached to an aromatic ring is 1. The van der Waals surface area contributed by atoms with Crippen molar-refractivity contribution in [1.82, 2.24) is 9.97 Å². The van der Waals surface area contributed by atoms with Crippen molar-refractivity contribution in [2.24, 2.45) is 0 Å². The number of hydrogen-bond acceptors (Lipinski definition) is 3. The van der Waals surface area contributed by atoms with Crippen LogP contribution in [0, 0.1) is 13.8 Å². The van der Waals surface area contributed by atoms with Crippen LogP contribution in [-0.2, 0) is 6.42 Å². The average Bonchev–Trinajstić information content (AvgIpc) is 2.78. The van der Waals surface area contributed by atoms with Gasteiger partial charge in [0.05, 0.1) is 17.7 Å². The lowest BCUT2D eigenvalue weighted by atomic mass is 10.1. The van der Waals surface area contributed by atoms with Crippen LogP contribution < -0.4 is 11.1 Å². The molecule has 4 heteroatoms. The minimum Gasteiger partial charge on any atom is -0.397 e. The molecule has 90 valence electrons. The van der Waals surface area contributed by atoms with Gasteiger partial charge in [-0.25, -0.2) is 4.98 Å². The van der Waals surface area contributed by atoms with Gasteiger partial charge < -0.3 is 16.0 Å². The quantitative estimate of drug-likeness (QED) is 0.706. The van der Waals surface area contributed by atoms with Gasteiger partial charge in [0.2, 0.25) is 0 Å². The van der Waals surface area contributed by atoms with Crippen LogP contribution >= 0.6 is 0 Å². The highest BCUT2D eigenvalue weighted by Crippen LogP contribution is 2.22. The Labute approximate surface area is 101 Å². The Hall–Kier alpha value is -1.97. The molecule has 2 aromatic rings. The van der Waals surface area contributed by atoms with Crippen LogP contribution in [0.25, 0.3) is 0 Å². The number of benzene rings is 1. The minimum absolute atomic E-state index is 0.803. The topological polar surface area (TPSA) is 66.7 Å². The van der Waals surface area contributed by atoms with Crippen LogP contribution in [0.15, 0.2) is 24.7 Å². The van der Waals surface area contributed by atoms with Gasteiger partial charge in [-0.3, -0.25) is 0 Å². The molecule has 0 aliphatic heterocycles. The first kappa shape index (κ1) is 11.5. The summed E-state index contributed by atoms with van der Waals surface area (Å²) in [6.45, 7) is 5.00. The van der Waals surface area contributed by atoms with Crippen molar-refractivity contribution in [1.29, 1.82) is 0 Å². The van der Waals surface area contributed by atoms with Crippen LogP contribution in [0.4, 0.5) is 11.4 Å². The van der Waals surface area contributed by atoms with Crippen molar-refractivity contribution in [3.63, 3.8) is 0 Å². The van der Waals surface area contributed by atoms with Crippen LogP contribution in [-0.4, -0.2) is 16.5 Å². The van der Waals surface area contributed by atoms with Crippen LogP contribution in [0.5, 0.6) is 0 Å². The van der Waals surface area contributed by atoms with E-state index in [9.17, 15) is 0 Å². The second-order valence-electron chi connectivity index (χ2n) is 4.28. The number of nitrogens with one attached hydrogen (secondary N) is 2. The second-order valence-corrected chi connectivity index (χ2v) is 4.28. The molecular weight excluding hydrogens is 212 g/mol. The van der Waals surface area contributed by atoms with Crippen LogP contribution in [0.1, 0.15) is 16.8 Å². The van der Waals surface area contributed by atoms with E-state index >= 15 is 0 Å². The summed E-state index contributed by atoms with van der Waals surface area (Å²) in [6.07, 6.45) is 4.44. The summed E-state index contributed by atoms with van der Waals surface area (Å²) in [4.78, 5) is 7.06. The standard InChI is InChI=1S/C13H18N4/c1-9-5-12(14)13(6-10(9)2)16-4-3-11-7-15-8-17-11/h5-8,16H,3-4,14H2,1-2H3,(H,15,17). The van der Waals surface area contributed by atoms with Crippen LogP contribution in [0.3, 0.4) is 0 Å². The molecule has 0 fully saturated rings. The predicted octanol–water partition coefficient (Wildman–Crippen LogP) is 2.26. The average molecular weight is 230 g/mol. The molecule has 4 nitrogen and oxygen atoms in total. The number of aryl methyl sites for hydroxylation is 2. The summed E-state index contributed by atoms with van der Waals surface area (Å²) in [5.41, 5.74) is 11.4. The molecule has 0 atom stereocenters. The highest BCUT2D eigenvalue weighted by molar-refractivity contribution is 5.68. The van der Waals surface area contributed by atoms with Crippen molar-refractivity contribution >= 4 is 11.4 Å². The number of aromatic amines is 1. The van der Waals surface area contributed by atoms with Crippen molar-refractivity contribution in [2.75, 3.05) is 17.6 Å². The van der Waals surface area contributed by atoms with Gasteiger partial charge in [-0.15, -0.1) is 0 Å². The summed E-state index contributed by atoms with van der Waals surface area (Å²) >= 11 is 0. The Balaban J connectivity index is 1.97. The minimum atomic E-state index is 0.803. The summed E-state index contributed by atoms with van der Waals surface area (Å²) < 4.78 is 0. The summed E-state index contributed by atoms with van der Waals surface area (Å²) in [5.74, 6) is 0. The van der Waals surface area contributed by atoms with E-state index in [4.69, 9.17) is 5.73 Å². The van der Waals surface area contributed by atoms with Gasteiger partial charge in [0, 0.05) is 24.9 Å². The Morgan fingerprint density at radius 1 is 1.29 bits per heavy atom.